The Labute approximate surface area is 248 Å². The van der Waals surface area contributed by atoms with E-state index < -0.39 is 29.3 Å². The minimum atomic E-state index is -2.68. The number of hydrogen-bond acceptors (Lipinski definition) is 5. The Balaban J connectivity index is 1.43. The number of carbonyl (C=O) groups is 2. The van der Waals surface area contributed by atoms with Crippen LogP contribution in [0.25, 0.3) is 10.8 Å². The lowest BCUT2D eigenvalue weighted by molar-refractivity contribution is -0.135. The quantitative estimate of drug-likeness (QED) is 0.254. The molecule has 0 spiro atoms. The third kappa shape index (κ3) is 7.05. The van der Waals surface area contributed by atoms with Gasteiger partial charge in [-0.3, -0.25) is 18.1 Å². The highest BCUT2D eigenvalue weighted by Crippen LogP contribution is 2.33. The van der Waals surface area contributed by atoms with Crippen molar-refractivity contribution in [3.63, 3.8) is 0 Å². The first kappa shape index (κ1) is 29.4. The zero-order valence-corrected chi connectivity index (χ0v) is 24.2. The van der Waals surface area contributed by atoms with Gasteiger partial charge in [-0.05, 0) is 52.4 Å². The standard InChI is InChI=1S/C33H36N4O4S/c34-23-25-14-12-24(13-15-25)20-30(33(39)36-18-6-7-19-36)35-32(38)22-31(27-9-2-1-3-10-27)37(42(40)41)29-17-16-26-8-4-5-11-28(26)21-29/h1-5,8-17,21,30-31H,6-7,18-20,22-23,34H2,(H,35,38)(H,40,41)/p-1. The number of hydrogen-bond donors (Lipinski definition) is 2. The number of carbonyl (C=O) groups excluding carboxylic acids is 2. The van der Waals surface area contributed by atoms with Gasteiger partial charge in [0.1, 0.15) is 6.04 Å². The maximum atomic E-state index is 13.7. The van der Waals surface area contributed by atoms with Gasteiger partial charge in [0.25, 0.3) is 0 Å². The van der Waals surface area contributed by atoms with Gasteiger partial charge in [0, 0.05) is 43.0 Å². The van der Waals surface area contributed by atoms with Crippen molar-refractivity contribution in [1.29, 1.82) is 0 Å². The summed E-state index contributed by atoms with van der Waals surface area (Å²) in [5.41, 5.74) is 8.75. The fraction of sp³-hybridized carbons (Fsp3) is 0.273. The Kier molecular flexibility index (Phi) is 9.63. The number of nitrogens with one attached hydrogen (secondary N) is 1. The van der Waals surface area contributed by atoms with Gasteiger partial charge in [0.2, 0.25) is 11.8 Å². The second-order valence-electron chi connectivity index (χ2n) is 10.6. The molecule has 1 heterocycles. The minimum Gasteiger partial charge on any atom is -0.755 e. The summed E-state index contributed by atoms with van der Waals surface area (Å²) in [6.45, 7) is 1.74. The summed E-state index contributed by atoms with van der Waals surface area (Å²) >= 11 is -2.68. The van der Waals surface area contributed by atoms with E-state index in [0.29, 0.717) is 37.3 Å². The van der Waals surface area contributed by atoms with E-state index in [-0.39, 0.29) is 12.3 Å². The topological polar surface area (TPSA) is 119 Å². The number of nitrogens with two attached hydrogens (primary N) is 1. The van der Waals surface area contributed by atoms with Crippen molar-refractivity contribution < 1.29 is 18.4 Å². The molecule has 8 nitrogen and oxygen atoms in total. The molecule has 3 unspecified atom stereocenters. The molecule has 5 rings (SSSR count). The van der Waals surface area contributed by atoms with Crippen LogP contribution in [-0.2, 0) is 33.8 Å². The normalized spacial score (nSPS) is 15.2. The molecule has 4 aromatic carbocycles. The maximum Gasteiger partial charge on any atom is 0.245 e. The molecular formula is C33H35N4O4S-. The molecule has 2 amide bonds. The van der Waals surface area contributed by atoms with Crippen LogP contribution in [0, 0.1) is 0 Å². The monoisotopic (exact) mass is 583 g/mol. The molecule has 3 N–H and O–H groups in total. The van der Waals surface area contributed by atoms with Crippen molar-refractivity contribution in [1.82, 2.24) is 10.2 Å². The molecule has 0 aromatic heterocycles. The molecule has 1 aliphatic heterocycles. The molecule has 0 aliphatic carbocycles. The van der Waals surface area contributed by atoms with Crippen molar-refractivity contribution in [3.05, 3.63) is 114 Å². The van der Waals surface area contributed by atoms with Crippen LogP contribution in [0.15, 0.2) is 97.1 Å². The van der Waals surface area contributed by atoms with Crippen LogP contribution >= 0.6 is 0 Å². The van der Waals surface area contributed by atoms with Gasteiger partial charge < -0.3 is 20.5 Å². The minimum absolute atomic E-state index is 0.126. The SMILES string of the molecule is NCc1ccc(CC(NC(=O)CC(c2ccccc2)N(c2ccc3ccccc3c2)S(=O)[O-])C(=O)N2CCCC2)cc1. The van der Waals surface area contributed by atoms with Gasteiger partial charge in [0.05, 0.1) is 12.5 Å². The number of amides is 2. The molecule has 0 bridgehead atoms. The van der Waals surface area contributed by atoms with Crippen molar-refractivity contribution in [2.45, 2.75) is 44.3 Å². The van der Waals surface area contributed by atoms with Crippen molar-refractivity contribution >= 4 is 39.5 Å². The van der Waals surface area contributed by atoms with Crippen LogP contribution in [-0.4, -0.2) is 44.6 Å². The molecule has 1 fully saturated rings. The lowest BCUT2D eigenvalue weighted by atomic mass is 10.0. The fourth-order valence-corrected chi connectivity index (χ4v) is 6.22. The molecule has 0 radical (unpaired) electrons. The van der Waals surface area contributed by atoms with E-state index in [0.717, 1.165) is 34.7 Å². The first-order valence-electron chi connectivity index (χ1n) is 14.2. The second kappa shape index (κ2) is 13.7. The Bertz CT molecular complexity index is 1540. The van der Waals surface area contributed by atoms with Gasteiger partial charge >= 0.3 is 0 Å². The average Bonchev–Trinajstić information content (AvgIpc) is 3.56. The van der Waals surface area contributed by atoms with E-state index >= 15 is 0 Å². The molecule has 218 valence electrons. The van der Waals surface area contributed by atoms with Crippen molar-refractivity contribution in [2.75, 3.05) is 17.4 Å². The largest absolute Gasteiger partial charge is 0.755 e. The summed E-state index contributed by atoms with van der Waals surface area (Å²) in [6.07, 6.45) is 2.03. The Morgan fingerprint density at radius 3 is 2.19 bits per heavy atom. The highest BCUT2D eigenvalue weighted by Gasteiger charge is 2.31. The van der Waals surface area contributed by atoms with Gasteiger partial charge in [-0.25, -0.2) is 0 Å². The molecular weight excluding hydrogens is 548 g/mol. The van der Waals surface area contributed by atoms with E-state index in [2.05, 4.69) is 5.32 Å². The lowest BCUT2D eigenvalue weighted by Crippen LogP contribution is -2.49. The summed E-state index contributed by atoms with van der Waals surface area (Å²) in [7, 11) is 0. The summed E-state index contributed by atoms with van der Waals surface area (Å²) in [5, 5.41) is 4.83. The van der Waals surface area contributed by atoms with Crippen LogP contribution in [0.2, 0.25) is 0 Å². The lowest BCUT2D eigenvalue weighted by Gasteiger charge is -2.35. The molecule has 9 heteroatoms. The number of likely N-dealkylation sites (tertiary alicyclic amines) is 1. The fourth-order valence-electron chi connectivity index (χ4n) is 5.53. The van der Waals surface area contributed by atoms with Crippen LogP contribution in [0.5, 0.6) is 0 Å². The van der Waals surface area contributed by atoms with Crippen molar-refractivity contribution in [3.8, 4) is 0 Å². The highest BCUT2D eigenvalue weighted by molar-refractivity contribution is 7.80. The van der Waals surface area contributed by atoms with Gasteiger partial charge in [-0.2, -0.15) is 0 Å². The van der Waals surface area contributed by atoms with E-state index in [1.165, 1.54) is 4.31 Å². The number of rotatable bonds is 11. The number of nitrogens with zero attached hydrogens (tertiary/aromatic N) is 2. The smallest absolute Gasteiger partial charge is 0.245 e. The predicted molar refractivity (Wildman–Crippen MR) is 165 cm³/mol. The summed E-state index contributed by atoms with van der Waals surface area (Å²) < 4.78 is 26.7. The molecule has 4 aromatic rings. The van der Waals surface area contributed by atoms with Crippen LogP contribution in [0.3, 0.4) is 0 Å². The van der Waals surface area contributed by atoms with E-state index in [4.69, 9.17) is 5.73 Å². The average molecular weight is 584 g/mol. The third-order valence-electron chi connectivity index (χ3n) is 7.74. The molecule has 3 atom stereocenters. The maximum absolute atomic E-state index is 13.7. The zero-order chi connectivity index (χ0) is 29.5. The van der Waals surface area contributed by atoms with E-state index in [1.807, 2.05) is 91.0 Å². The first-order chi connectivity index (χ1) is 20.4. The predicted octanol–water partition coefficient (Wildman–Crippen LogP) is 4.38. The van der Waals surface area contributed by atoms with E-state index in [1.54, 1.807) is 11.0 Å². The molecule has 0 saturated carbocycles. The second-order valence-corrected chi connectivity index (χ2v) is 11.4. The van der Waals surface area contributed by atoms with Crippen LogP contribution in [0.1, 0.15) is 42.0 Å². The molecule has 42 heavy (non-hydrogen) atoms. The Morgan fingerprint density at radius 2 is 1.52 bits per heavy atom. The summed E-state index contributed by atoms with van der Waals surface area (Å²) in [6, 6.07) is 28.3. The van der Waals surface area contributed by atoms with Crippen LogP contribution < -0.4 is 15.4 Å². The summed E-state index contributed by atoms with van der Waals surface area (Å²) in [4.78, 5) is 29.0. The number of fused-ring (bicyclic) bond motifs is 1. The number of anilines is 1. The molecule has 1 saturated heterocycles. The first-order valence-corrected chi connectivity index (χ1v) is 15.2. The van der Waals surface area contributed by atoms with Gasteiger partial charge in [-0.15, -0.1) is 0 Å². The van der Waals surface area contributed by atoms with Gasteiger partial charge in [0.15, 0.2) is 0 Å². The highest BCUT2D eigenvalue weighted by atomic mass is 32.2. The summed E-state index contributed by atoms with van der Waals surface area (Å²) in [5.74, 6) is -0.532. The Morgan fingerprint density at radius 1 is 0.881 bits per heavy atom. The molecule has 1 aliphatic rings. The zero-order valence-electron chi connectivity index (χ0n) is 23.4. The van der Waals surface area contributed by atoms with Crippen LogP contribution in [0.4, 0.5) is 5.69 Å². The number of benzene rings is 4. The Hall–Kier alpha value is -4.05. The third-order valence-corrected chi connectivity index (χ3v) is 8.53. The van der Waals surface area contributed by atoms with E-state index in [9.17, 15) is 18.4 Å². The van der Waals surface area contributed by atoms with Gasteiger partial charge in [-0.1, -0.05) is 84.9 Å². The van der Waals surface area contributed by atoms with Crippen molar-refractivity contribution in [2.24, 2.45) is 5.73 Å².